The van der Waals surface area contributed by atoms with Crippen molar-refractivity contribution in [1.82, 2.24) is 10.2 Å². The number of β-lactam (4-membered cyclic amide) rings is 1. The van der Waals surface area contributed by atoms with Gasteiger partial charge in [0.15, 0.2) is 0 Å². The van der Waals surface area contributed by atoms with Gasteiger partial charge in [-0.3, -0.25) is 14.5 Å². The molecule has 0 aromatic rings. The van der Waals surface area contributed by atoms with Crippen molar-refractivity contribution in [1.29, 1.82) is 0 Å². The van der Waals surface area contributed by atoms with E-state index < -0.39 is 5.97 Å². The predicted molar refractivity (Wildman–Crippen MR) is 62.1 cm³/mol. The van der Waals surface area contributed by atoms with Crippen LogP contribution in [0.5, 0.6) is 0 Å². The number of aliphatic carboxylic acids is 1. The molecule has 2 N–H and O–H groups in total. The Balaban J connectivity index is 1.96. The summed E-state index contributed by atoms with van der Waals surface area (Å²) < 4.78 is 5.16. The van der Waals surface area contributed by atoms with Crippen LogP contribution in [0.1, 0.15) is 13.3 Å². The third-order valence-electron chi connectivity index (χ3n) is 2.55. The van der Waals surface area contributed by atoms with E-state index in [1.54, 1.807) is 0 Å². The normalized spacial score (nSPS) is 21.7. The molecule has 7 nitrogen and oxygen atoms in total. The van der Waals surface area contributed by atoms with Crippen molar-refractivity contribution in [3.63, 3.8) is 0 Å². The lowest BCUT2D eigenvalue weighted by Gasteiger charge is -2.33. The largest absolute Gasteiger partial charge is 0.477 e. The molecule has 1 atom stereocenters. The van der Waals surface area contributed by atoms with Gasteiger partial charge in [0.05, 0.1) is 18.4 Å². The zero-order chi connectivity index (χ0) is 13.3. The first-order valence-electron chi connectivity index (χ1n) is 5.28. The molecule has 2 aliphatic heterocycles. The minimum Gasteiger partial charge on any atom is -0.477 e. The summed E-state index contributed by atoms with van der Waals surface area (Å²) in [7, 11) is 0. The molecule has 2 aliphatic rings. The molecule has 18 heavy (non-hydrogen) atoms. The monoisotopic (exact) mass is 272 g/mol. The molecule has 98 valence electrons. The van der Waals surface area contributed by atoms with E-state index in [1.807, 2.05) is 0 Å². The zero-order valence-corrected chi connectivity index (χ0v) is 10.5. The smallest absolute Gasteiger partial charge is 0.353 e. The number of carbonyl (C=O) groups is 3. The highest BCUT2D eigenvalue weighted by molar-refractivity contribution is 8.04. The third-order valence-corrected chi connectivity index (χ3v) is 3.79. The Morgan fingerprint density at radius 3 is 2.89 bits per heavy atom. The van der Waals surface area contributed by atoms with E-state index in [4.69, 9.17) is 9.84 Å². The molecule has 0 spiro atoms. The second-order valence-electron chi connectivity index (χ2n) is 3.84. The van der Waals surface area contributed by atoms with Crippen LogP contribution in [0.2, 0.25) is 0 Å². The van der Waals surface area contributed by atoms with Crippen LogP contribution < -0.4 is 5.32 Å². The van der Waals surface area contributed by atoms with Crippen molar-refractivity contribution in [3.8, 4) is 0 Å². The summed E-state index contributed by atoms with van der Waals surface area (Å²) in [5.41, 5.74) is 0.00377. The Hall–Kier alpha value is -1.54. The van der Waals surface area contributed by atoms with Crippen LogP contribution in [0.15, 0.2) is 10.6 Å². The molecular weight excluding hydrogens is 260 g/mol. The van der Waals surface area contributed by atoms with Crippen molar-refractivity contribution >= 4 is 29.5 Å². The lowest BCUT2D eigenvalue weighted by molar-refractivity contribution is -0.145. The Kier molecular flexibility index (Phi) is 3.58. The fourth-order valence-electron chi connectivity index (χ4n) is 1.73. The van der Waals surface area contributed by atoms with Crippen LogP contribution in [0.4, 0.5) is 0 Å². The molecule has 1 fully saturated rings. The van der Waals surface area contributed by atoms with E-state index in [-0.39, 0.29) is 36.2 Å². The first-order valence-corrected chi connectivity index (χ1v) is 6.16. The second-order valence-corrected chi connectivity index (χ2v) is 5.12. The molecule has 1 saturated heterocycles. The third kappa shape index (κ3) is 2.34. The van der Waals surface area contributed by atoms with Gasteiger partial charge >= 0.3 is 5.97 Å². The molecule has 0 bridgehead atoms. The highest BCUT2D eigenvalue weighted by Gasteiger charge is 2.48. The number of hydrogen-bond donors (Lipinski definition) is 2. The van der Waals surface area contributed by atoms with Crippen molar-refractivity contribution in [3.05, 3.63) is 10.6 Å². The first-order chi connectivity index (χ1) is 8.50. The standard InChI is InChI=1S/C10H12N2O5S/c1-5(13)11-4-17-3-6-9(10(15)16)12-7(14)2-8(12)18-6/h8H,2-4H2,1H3,(H,11,13)(H,15,16)/t8-/m1/s1. The molecule has 2 rings (SSSR count). The number of hydrogen-bond acceptors (Lipinski definition) is 5. The van der Waals surface area contributed by atoms with Crippen LogP contribution in [0.3, 0.4) is 0 Å². The molecule has 0 aromatic carbocycles. The summed E-state index contributed by atoms with van der Waals surface area (Å²) in [6.45, 7) is 1.46. The van der Waals surface area contributed by atoms with Gasteiger partial charge in [-0.25, -0.2) is 4.79 Å². The van der Waals surface area contributed by atoms with Crippen LogP contribution >= 0.6 is 11.8 Å². The van der Waals surface area contributed by atoms with E-state index in [0.717, 1.165) is 0 Å². The summed E-state index contributed by atoms with van der Waals surface area (Å²) in [6.07, 6.45) is 0.358. The molecule has 2 heterocycles. The number of nitrogens with zero attached hydrogens (tertiary/aromatic N) is 1. The lowest BCUT2D eigenvalue weighted by atomic mass is 10.1. The highest BCUT2D eigenvalue weighted by atomic mass is 32.2. The maximum atomic E-state index is 11.3. The molecule has 0 aliphatic carbocycles. The first kappa shape index (κ1) is 12.9. The topological polar surface area (TPSA) is 95.9 Å². The van der Waals surface area contributed by atoms with Gasteiger partial charge in [0.25, 0.3) is 0 Å². The number of carbonyl (C=O) groups excluding carboxylic acids is 2. The van der Waals surface area contributed by atoms with Gasteiger partial charge in [0.2, 0.25) is 11.8 Å². The van der Waals surface area contributed by atoms with E-state index in [9.17, 15) is 14.4 Å². The van der Waals surface area contributed by atoms with Crippen molar-refractivity contribution in [2.24, 2.45) is 0 Å². The minimum atomic E-state index is -1.13. The Bertz CT molecular complexity index is 448. The van der Waals surface area contributed by atoms with E-state index >= 15 is 0 Å². The number of carboxylic acid groups (broad SMARTS) is 1. The van der Waals surface area contributed by atoms with Crippen LogP contribution in [0.25, 0.3) is 0 Å². The molecule has 2 amide bonds. The van der Waals surface area contributed by atoms with Gasteiger partial charge in [-0.2, -0.15) is 0 Å². The Labute approximate surface area is 107 Å². The maximum Gasteiger partial charge on any atom is 0.353 e. The van der Waals surface area contributed by atoms with Crippen LogP contribution in [-0.4, -0.2) is 46.5 Å². The van der Waals surface area contributed by atoms with Crippen LogP contribution in [0, 0.1) is 0 Å². The zero-order valence-electron chi connectivity index (χ0n) is 9.63. The number of ether oxygens (including phenoxy) is 1. The fourth-order valence-corrected chi connectivity index (χ4v) is 3.06. The number of amides is 2. The van der Waals surface area contributed by atoms with Crippen LogP contribution in [-0.2, 0) is 19.1 Å². The predicted octanol–water partition coefficient (Wildman–Crippen LogP) is -0.302. The van der Waals surface area contributed by atoms with Gasteiger partial charge in [0, 0.05) is 11.8 Å². The maximum absolute atomic E-state index is 11.3. The van der Waals surface area contributed by atoms with Gasteiger partial charge in [0.1, 0.15) is 12.4 Å². The lowest BCUT2D eigenvalue weighted by Crippen LogP contribution is -2.48. The highest BCUT2D eigenvalue weighted by Crippen LogP contribution is 2.45. The fraction of sp³-hybridized carbons (Fsp3) is 0.500. The molecular formula is C10H12N2O5S. The summed E-state index contributed by atoms with van der Waals surface area (Å²) in [4.78, 5) is 34.8. The van der Waals surface area contributed by atoms with Crippen molar-refractivity contribution in [2.45, 2.75) is 18.7 Å². The number of carboxylic acids is 1. The van der Waals surface area contributed by atoms with Crippen molar-refractivity contribution in [2.75, 3.05) is 13.3 Å². The van der Waals surface area contributed by atoms with Gasteiger partial charge in [-0.05, 0) is 0 Å². The van der Waals surface area contributed by atoms with Gasteiger partial charge < -0.3 is 15.2 Å². The molecule has 0 saturated carbocycles. The summed E-state index contributed by atoms with van der Waals surface area (Å²) in [5, 5.41) is 11.4. The second kappa shape index (κ2) is 4.99. The van der Waals surface area contributed by atoms with Gasteiger partial charge in [-0.15, -0.1) is 0 Å². The average molecular weight is 272 g/mol. The molecule has 0 aromatic heterocycles. The molecule has 0 radical (unpaired) electrons. The number of rotatable bonds is 5. The van der Waals surface area contributed by atoms with Gasteiger partial charge in [-0.1, -0.05) is 11.8 Å². The quantitative estimate of drug-likeness (QED) is 0.405. The number of nitrogens with one attached hydrogen (secondary N) is 1. The molecule has 8 heteroatoms. The number of fused-ring (bicyclic) bond motifs is 1. The Morgan fingerprint density at radius 1 is 1.61 bits per heavy atom. The number of thioether (sulfide) groups is 1. The average Bonchev–Trinajstić information content (AvgIpc) is 2.57. The Morgan fingerprint density at radius 2 is 2.33 bits per heavy atom. The molecule has 0 unspecified atom stereocenters. The minimum absolute atomic E-state index is 0.00377. The summed E-state index contributed by atoms with van der Waals surface area (Å²) in [5.74, 6) is -1.53. The van der Waals surface area contributed by atoms with Crippen molar-refractivity contribution < 1.29 is 24.2 Å². The van der Waals surface area contributed by atoms with E-state index in [2.05, 4.69) is 5.32 Å². The summed E-state index contributed by atoms with van der Waals surface area (Å²) in [6, 6.07) is 0. The SMILES string of the molecule is CC(=O)NCOCC1=C(C(=O)O)N2C(=O)C[C@H]2S1. The van der Waals surface area contributed by atoms with E-state index in [0.29, 0.717) is 11.3 Å². The van der Waals surface area contributed by atoms with E-state index in [1.165, 1.54) is 23.6 Å². The summed E-state index contributed by atoms with van der Waals surface area (Å²) >= 11 is 1.33.